The highest BCUT2D eigenvalue weighted by Crippen LogP contribution is 2.26. The summed E-state index contributed by atoms with van der Waals surface area (Å²) in [4.78, 5) is 4.00. The maximum Gasteiger partial charge on any atom is 0.140 e. The van der Waals surface area contributed by atoms with E-state index >= 15 is 0 Å². The molecule has 1 aliphatic carbocycles. The molecule has 0 saturated heterocycles. The molecule has 1 aromatic heterocycles. The van der Waals surface area contributed by atoms with Crippen LogP contribution in [-0.2, 0) is 0 Å². The molecule has 2 rings (SSSR count). The molecule has 0 spiro atoms. The third kappa shape index (κ3) is 2.02. The van der Waals surface area contributed by atoms with E-state index in [0.717, 1.165) is 18.2 Å². The SMILES string of the molecule is N#Cc1ccc(NCC2CCC2)cn1. The van der Waals surface area contributed by atoms with Crippen LogP contribution < -0.4 is 5.32 Å². The molecule has 1 fully saturated rings. The van der Waals surface area contributed by atoms with Gasteiger partial charge in [-0.1, -0.05) is 6.42 Å². The van der Waals surface area contributed by atoms with Gasteiger partial charge in [0.1, 0.15) is 11.8 Å². The van der Waals surface area contributed by atoms with E-state index in [1.807, 2.05) is 12.1 Å². The van der Waals surface area contributed by atoms with Crippen LogP contribution in [0.1, 0.15) is 25.0 Å². The third-order valence-corrected chi connectivity index (χ3v) is 2.70. The molecular weight excluding hydrogens is 174 g/mol. The average molecular weight is 187 g/mol. The lowest BCUT2D eigenvalue weighted by Gasteiger charge is -2.25. The second-order valence-corrected chi connectivity index (χ2v) is 3.72. The van der Waals surface area contributed by atoms with Crippen LogP contribution in [0.4, 0.5) is 5.69 Å². The van der Waals surface area contributed by atoms with E-state index < -0.39 is 0 Å². The molecule has 0 atom stereocenters. The van der Waals surface area contributed by atoms with Gasteiger partial charge in [-0.05, 0) is 30.9 Å². The van der Waals surface area contributed by atoms with Crippen LogP contribution >= 0.6 is 0 Å². The predicted octanol–water partition coefficient (Wildman–Crippen LogP) is 2.17. The number of anilines is 1. The molecule has 1 heterocycles. The van der Waals surface area contributed by atoms with Crippen LogP contribution in [0.15, 0.2) is 18.3 Å². The summed E-state index contributed by atoms with van der Waals surface area (Å²) < 4.78 is 0. The molecule has 3 heteroatoms. The molecule has 1 aliphatic rings. The maximum absolute atomic E-state index is 8.56. The van der Waals surface area contributed by atoms with Crippen molar-refractivity contribution in [3.05, 3.63) is 24.0 Å². The van der Waals surface area contributed by atoms with Gasteiger partial charge in [0.2, 0.25) is 0 Å². The van der Waals surface area contributed by atoms with E-state index in [1.165, 1.54) is 19.3 Å². The monoisotopic (exact) mass is 187 g/mol. The molecule has 3 nitrogen and oxygen atoms in total. The Labute approximate surface area is 83.8 Å². The highest BCUT2D eigenvalue weighted by molar-refractivity contribution is 5.42. The second kappa shape index (κ2) is 4.10. The Morgan fingerprint density at radius 3 is 2.86 bits per heavy atom. The van der Waals surface area contributed by atoms with Crippen molar-refractivity contribution < 1.29 is 0 Å². The van der Waals surface area contributed by atoms with Crippen molar-refractivity contribution in [2.45, 2.75) is 19.3 Å². The topological polar surface area (TPSA) is 48.7 Å². The summed E-state index contributed by atoms with van der Waals surface area (Å²) in [5, 5.41) is 11.9. The zero-order chi connectivity index (χ0) is 9.80. The van der Waals surface area contributed by atoms with Crippen LogP contribution in [0.5, 0.6) is 0 Å². The molecule has 0 radical (unpaired) electrons. The van der Waals surface area contributed by atoms with Crippen molar-refractivity contribution in [1.29, 1.82) is 5.26 Å². The summed E-state index contributed by atoms with van der Waals surface area (Å²) in [6, 6.07) is 5.65. The van der Waals surface area contributed by atoms with Gasteiger partial charge >= 0.3 is 0 Å². The molecule has 0 aliphatic heterocycles. The van der Waals surface area contributed by atoms with Gasteiger partial charge in [0.05, 0.1) is 11.9 Å². The van der Waals surface area contributed by atoms with Crippen LogP contribution in [0.3, 0.4) is 0 Å². The quantitative estimate of drug-likeness (QED) is 0.788. The fourth-order valence-electron chi connectivity index (χ4n) is 1.52. The minimum absolute atomic E-state index is 0.471. The molecule has 1 saturated carbocycles. The second-order valence-electron chi connectivity index (χ2n) is 3.72. The number of hydrogen-bond acceptors (Lipinski definition) is 3. The number of nitrogens with one attached hydrogen (secondary N) is 1. The lowest BCUT2D eigenvalue weighted by molar-refractivity contribution is 0.333. The van der Waals surface area contributed by atoms with E-state index in [9.17, 15) is 0 Å². The number of nitriles is 1. The standard InChI is InChI=1S/C11H13N3/c12-6-10-4-5-11(8-14-10)13-7-9-2-1-3-9/h4-5,8-9,13H,1-3,7H2. The smallest absolute Gasteiger partial charge is 0.140 e. The lowest BCUT2D eigenvalue weighted by Crippen LogP contribution is -2.20. The van der Waals surface area contributed by atoms with E-state index in [2.05, 4.69) is 10.3 Å². The predicted molar refractivity (Wildman–Crippen MR) is 54.8 cm³/mol. The number of aromatic nitrogens is 1. The fraction of sp³-hybridized carbons (Fsp3) is 0.455. The highest BCUT2D eigenvalue weighted by atomic mass is 14.9. The summed E-state index contributed by atoms with van der Waals surface area (Å²) in [5.41, 5.74) is 1.48. The van der Waals surface area contributed by atoms with E-state index in [0.29, 0.717) is 5.69 Å². The first-order valence-corrected chi connectivity index (χ1v) is 4.98. The number of nitrogens with zero attached hydrogens (tertiary/aromatic N) is 2. The lowest BCUT2D eigenvalue weighted by atomic mass is 9.85. The van der Waals surface area contributed by atoms with Gasteiger partial charge in [-0.2, -0.15) is 5.26 Å². The van der Waals surface area contributed by atoms with Gasteiger partial charge in [-0.3, -0.25) is 0 Å². The highest BCUT2D eigenvalue weighted by Gasteiger charge is 2.16. The molecule has 72 valence electrons. The first-order chi connectivity index (χ1) is 6.88. The van der Waals surface area contributed by atoms with Crippen molar-refractivity contribution in [1.82, 2.24) is 4.98 Å². The molecule has 1 N–H and O–H groups in total. The van der Waals surface area contributed by atoms with Gasteiger partial charge in [-0.25, -0.2) is 4.98 Å². The van der Waals surface area contributed by atoms with Crippen molar-refractivity contribution in [3.63, 3.8) is 0 Å². The number of rotatable bonds is 3. The van der Waals surface area contributed by atoms with Gasteiger partial charge in [0, 0.05) is 6.54 Å². The minimum atomic E-state index is 0.471. The zero-order valence-corrected chi connectivity index (χ0v) is 8.03. The first-order valence-electron chi connectivity index (χ1n) is 4.98. The van der Waals surface area contributed by atoms with Crippen LogP contribution in [0.2, 0.25) is 0 Å². The van der Waals surface area contributed by atoms with Gasteiger partial charge < -0.3 is 5.32 Å². The molecule has 14 heavy (non-hydrogen) atoms. The Balaban J connectivity index is 1.86. The van der Waals surface area contributed by atoms with E-state index in [1.54, 1.807) is 12.3 Å². The third-order valence-electron chi connectivity index (χ3n) is 2.70. The Hall–Kier alpha value is -1.56. The van der Waals surface area contributed by atoms with Crippen molar-refractivity contribution in [2.75, 3.05) is 11.9 Å². The fourth-order valence-corrected chi connectivity index (χ4v) is 1.52. The van der Waals surface area contributed by atoms with Crippen molar-refractivity contribution >= 4 is 5.69 Å². The summed E-state index contributed by atoms with van der Waals surface area (Å²) in [7, 11) is 0. The Morgan fingerprint density at radius 1 is 1.50 bits per heavy atom. The van der Waals surface area contributed by atoms with Gasteiger partial charge in [0.15, 0.2) is 0 Å². The maximum atomic E-state index is 8.56. The summed E-state index contributed by atoms with van der Waals surface area (Å²) >= 11 is 0. The van der Waals surface area contributed by atoms with Gasteiger partial charge in [-0.15, -0.1) is 0 Å². The van der Waals surface area contributed by atoms with Crippen molar-refractivity contribution in [2.24, 2.45) is 5.92 Å². The first kappa shape index (κ1) is 9.01. The van der Waals surface area contributed by atoms with Gasteiger partial charge in [0.25, 0.3) is 0 Å². The summed E-state index contributed by atoms with van der Waals surface area (Å²) in [6.07, 6.45) is 5.78. The molecule has 0 unspecified atom stereocenters. The Bertz CT molecular complexity index is 333. The number of hydrogen-bond donors (Lipinski definition) is 1. The Kier molecular flexibility index (Phi) is 2.64. The average Bonchev–Trinajstić information content (AvgIpc) is 2.16. The van der Waals surface area contributed by atoms with Crippen LogP contribution in [-0.4, -0.2) is 11.5 Å². The normalized spacial score (nSPS) is 15.6. The molecule has 0 aromatic carbocycles. The van der Waals surface area contributed by atoms with E-state index in [4.69, 9.17) is 5.26 Å². The summed E-state index contributed by atoms with van der Waals surface area (Å²) in [5.74, 6) is 0.839. The van der Waals surface area contributed by atoms with Crippen molar-refractivity contribution in [3.8, 4) is 6.07 Å². The van der Waals surface area contributed by atoms with E-state index in [-0.39, 0.29) is 0 Å². The molecule has 0 amide bonds. The molecular formula is C11H13N3. The zero-order valence-electron chi connectivity index (χ0n) is 8.03. The minimum Gasteiger partial charge on any atom is -0.384 e. The molecule has 1 aromatic rings. The summed E-state index contributed by atoms with van der Waals surface area (Å²) in [6.45, 7) is 1.04. The largest absolute Gasteiger partial charge is 0.384 e. The molecule has 0 bridgehead atoms. The number of pyridine rings is 1. The Morgan fingerprint density at radius 2 is 2.36 bits per heavy atom. The van der Waals surface area contributed by atoms with Crippen LogP contribution in [0, 0.1) is 17.2 Å². The van der Waals surface area contributed by atoms with Crippen LogP contribution in [0.25, 0.3) is 0 Å².